The third-order valence-corrected chi connectivity index (χ3v) is 6.54. The summed E-state index contributed by atoms with van der Waals surface area (Å²) in [5.74, 6) is 0.0902. The van der Waals surface area contributed by atoms with Gasteiger partial charge in [-0.1, -0.05) is 37.3 Å². The van der Waals surface area contributed by atoms with Gasteiger partial charge in [0.1, 0.15) is 0 Å². The highest BCUT2D eigenvalue weighted by Crippen LogP contribution is 2.51. The summed E-state index contributed by atoms with van der Waals surface area (Å²) in [7, 11) is 0. The van der Waals surface area contributed by atoms with Crippen LogP contribution in [0.3, 0.4) is 0 Å². The first-order chi connectivity index (χ1) is 11.6. The Labute approximate surface area is 148 Å². The highest BCUT2D eigenvalue weighted by Gasteiger charge is 2.60. The van der Waals surface area contributed by atoms with Crippen LogP contribution in [0, 0.1) is 5.92 Å². The van der Waals surface area contributed by atoms with Crippen molar-refractivity contribution in [3.05, 3.63) is 29.3 Å². The number of hydrogen-bond acceptors (Lipinski definition) is 2. The van der Waals surface area contributed by atoms with E-state index in [1.54, 1.807) is 17.0 Å². The van der Waals surface area contributed by atoms with Crippen molar-refractivity contribution in [2.45, 2.75) is 69.1 Å². The van der Waals surface area contributed by atoms with Crippen molar-refractivity contribution in [1.82, 2.24) is 5.32 Å². The van der Waals surface area contributed by atoms with Gasteiger partial charge < -0.3 is 10.4 Å². The molecule has 1 aliphatic heterocycles. The number of aliphatic hydroxyl groups is 1. The van der Waals surface area contributed by atoms with Crippen molar-refractivity contribution >= 4 is 23.3 Å². The summed E-state index contributed by atoms with van der Waals surface area (Å²) < 4.78 is 0. The number of fused-ring (bicyclic) bond motifs is 2. The van der Waals surface area contributed by atoms with Crippen LogP contribution in [0.1, 0.15) is 57.8 Å². The average Bonchev–Trinajstić information content (AvgIpc) is 2.57. The number of nitrogens with one attached hydrogen (secondary N) is 1. The molecule has 0 aromatic heterocycles. The fourth-order valence-corrected chi connectivity index (χ4v) is 5.37. The third-order valence-electron chi connectivity index (χ3n) is 6.29. The maximum absolute atomic E-state index is 13.0. The summed E-state index contributed by atoms with van der Waals surface area (Å²) in [6.07, 6.45) is 9.17. The van der Waals surface area contributed by atoms with Gasteiger partial charge in [0.25, 0.3) is 0 Å². The molecule has 0 radical (unpaired) electrons. The molecule has 2 amide bonds. The molecule has 130 valence electrons. The molecule has 3 fully saturated rings. The summed E-state index contributed by atoms with van der Waals surface area (Å²) in [4.78, 5) is 14.6. The molecule has 0 unspecified atom stereocenters. The van der Waals surface area contributed by atoms with Crippen LogP contribution in [-0.2, 0) is 0 Å². The zero-order valence-corrected chi connectivity index (χ0v) is 14.7. The molecule has 2 N–H and O–H groups in total. The second kappa shape index (κ2) is 5.92. The Bertz CT molecular complexity index is 627. The van der Waals surface area contributed by atoms with E-state index in [9.17, 15) is 9.90 Å². The summed E-state index contributed by atoms with van der Waals surface area (Å²) in [5, 5.41) is 15.6. The van der Waals surface area contributed by atoms with Crippen LogP contribution in [0.25, 0.3) is 0 Å². The van der Waals surface area contributed by atoms with Crippen LogP contribution in [0.2, 0.25) is 5.02 Å². The number of carbonyl (C=O) groups is 1. The van der Waals surface area contributed by atoms with Gasteiger partial charge in [-0.15, -0.1) is 0 Å². The number of nitrogens with zero attached hydrogens (tertiary/aromatic N) is 1. The molecule has 5 heteroatoms. The van der Waals surface area contributed by atoms with Crippen molar-refractivity contribution in [3.8, 4) is 0 Å². The maximum Gasteiger partial charge on any atom is 0.324 e. The van der Waals surface area contributed by atoms with Crippen LogP contribution in [0.4, 0.5) is 10.5 Å². The lowest BCUT2D eigenvalue weighted by Crippen LogP contribution is -2.76. The average molecular weight is 349 g/mol. The van der Waals surface area contributed by atoms with E-state index in [1.165, 1.54) is 6.42 Å². The summed E-state index contributed by atoms with van der Waals surface area (Å²) in [6.45, 7) is 0. The predicted molar refractivity (Wildman–Crippen MR) is 95.2 cm³/mol. The number of rotatable bonds is 1. The molecule has 1 aromatic rings. The summed E-state index contributed by atoms with van der Waals surface area (Å²) in [6, 6.07) is 7.03. The van der Waals surface area contributed by atoms with Gasteiger partial charge in [0.15, 0.2) is 5.72 Å². The molecule has 2 aliphatic carbocycles. The number of urea groups is 1. The minimum absolute atomic E-state index is 0.0902. The number of anilines is 1. The van der Waals surface area contributed by atoms with Crippen LogP contribution in [0.15, 0.2) is 24.3 Å². The van der Waals surface area contributed by atoms with Gasteiger partial charge in [0.05, 0.1) is 0 Å². The van der Waals surface area contributed by atoms with E-state index in [1.807, 2.05) is 12.1 Å². The lowest BCUT2D eigenvalue weighted by molar-refractivity contribution is -0.101. The molecule has 24 heavy (non-hydrogen) atoms. The molecule has 3 aliphatic rings. The Morgan fingerprint density at radius 3 is 2.42 bits per heavy atom. The van der Waals surface area contributed by atoms with E-state index in [0.717, 1.165) is 50.6 Å². The van der Waals surface area contributed by atoms with Gasteiger partial charge in [0, 0.05) is 22.2 Å². The number of carbonyl (C=O) groups excluding carboxylic acids is 1. The molecule has 4 nitrogen and oxygen atoms in total. The minimum atomic E-state index is -1.09. The first-order valence-corrected chi connectivity index (χ1v) is 9.53. The molecular formula is C19H25ClN2O2. The van der Waals surface area contributed by atoms with Crippen molar-refractivity contribution in [2.24, 2.45) is 5.92 Å². The van der Waals surface area contributed by atoms with Crippen molar-refractivity contribution in [1.29, 1.82) is 0 Å². The summed E-state index contributed by atoms with van der Waals surface area (Å²) in [5.41, 5.74) is -0.601. The number of halogens is 1. The molecule has 1 spiro atoms. The first kappa shape index (κ1) is 16.2. The topological polar surface area (TPSA) is 52.6 Å². The molecular weight excluding hydrogens is 324 g/mol. The Morgan fingerprint density at radius 1 is 1.04 bits per heavy atom. The van der Waals surface area contributed by atoms with Crippen LogP contribution < -0.4 is 10.2 Å². The van der Waals surface area contributed by atoms with E-state index < -0.39 is 5.72 Å². The van der Waals surface area contributed by atoms with E-state index in [2.05, 4.69) is 5.32 Å². The zero-order chi connectivity index (χ0) is 16.8. The van der Waals surface area contributed by atoms with Crippen LogP contribution >= 0.6 is 11.6 Å². The van der Waals surface area contributed by atoms with Crippen LogP contribution in [0.5, 0.6) is 0 Å². The van der Waals surface area contributed by atoms with E-state index in [-0.39, 0.29) is 17.5 Å². The maximum atomic E-state index is 13.0. The monoisotopic (exact) mass is 348 g/mol. The molecule has 0 bridgehead atoms. The zero-order valence-electron chi connectivity index (χ0n) is 13.9. The van der Waals surface area contributed by atoms with Gasteiger partial charge in [0.2, 0.25) is 0 Å². The van der Waals surface area contributed by atoms with Gasteiger partial charge in [-0.2, -0.15) is 0 Å². The quantitative estimate of drug-likeness (QED) is 0.787. The number of hydrogen-bond donors (Lipinski definition) is 2. The molecule has 1 heterocycles. The van der Waals surface area contributed by atoms with Gasteiger partial charge in [-0.05, 0) is 56.4 Å². The lowest BCUT2D eigenvalue weighted by Gasteiger charge is -2.60. The summed E-state index contributed by atoms with van der Waals surface area (Å²) >= 11 is 5.99. The normalized spacial score (nSPS) is 32.3. The Hall–Kier alpha value is -1.26. The molecule has 4 rings (SSSR count). The van der Waals surface area contributed by atoms with Crippen molar-refractivity contribution < 1.29 is 9.90 Å². The minimum Gasteiger partial charge on any atom is -0.370 e. The van der Waals surface area contributed by atoms with E-state index in [4.69, 9.17) is 11.6 Å². The van der Waals surface area contributed by atoms with Crippen LogP contribution in [-0.4, -0.2) is 22.4 Å². The van der Waals surface area contributed by atoms with Gasteiger partial charge >= 0.3 is 6.03 Å². The highest BCUT2D eigenvalue weighted by molar-refractivity contribution is 6.30. The smallest absolute Gasteiger partial charge is 0.324 e. The fraction of sp³-hybridized carbons (Fsp3) is 0.632. The van der Waals surface area contributed by atoms with Crippen molar-refractivity contribution in [3.63, 3.8) is 0 Å². The Morgan fingerprint density at radius 2 is 1.71 bits per heavy atom. The number of benzene rings is 1. The third kappa shape index (κ3) is 2.42. The predicted octanol–water partition coefficient (Wildman–Crippen LogP) is 4.45. The van der Waals surface area contributed by atoms with Crippen molar-refractivity contribution in [2.75, 3.05) is 4.90 Å². The lowest BCUT2D eigenvalue weighted by atomic mass is 9.62. The number of amides is 2. The standard InChI is InChI=1S/C19H25ClN2O2/c20-14-7-9-15(10-8-14)22-17(23)21-18(11-3-1-4-12-18)16-6-2-5-13-19(16,22)24/h7-10,16,24H,1-6,11-13H2,(H,21,23)/t16-,19+/m1/s1. The second-order valence-electron chi connectivity index (χ2n) is 7.64. The van der Waals surface area contributed by atoms with E-state index >= 15 is 0 Å². The highest BCUT2D eigenvalue weighted by atomic mass is 35.5. The first-order valence-electron chi connectivity index (χ1n) is 9.16. The Balaban J connectivity index is 1.76. The molecule has 2 atom stereocenters. The SMILES string of the molecule is O=C1NC2(CCCCC2)[C@H]2CCCC[C@@]2(O)N1c1ccc(Cl)cc1. The second-order valence-corrected chi connectivity index (χ2v) is 8.07. The van der Waals surface area contributed by atoms with E-state index in [0.29, 0.717) is 11.4 Å². The Kier molecular flexibility index (Phi) is 4.00. The van der Waals surface area contributed by atoms with Gasteiger partial charge in [-0.25, -0.2) is 4.79 Å². The van der Waals surface area contributed by atoms with Gasteiger partial charge in [-0.3, -0.25) is 4.90 Å². The largest absolute Gasteiger partial charge is 0.370 e. The fourth-order valence-electron chi connectivity index (χ4n) is 5.24. The molecule has 1 aromatic carbocycles. The molecule has 1 saturated heterocycles. The molecule has 2 saturated carbocycles.